The van der Waals surface area contributed by atoms with Crippen LogP contribution in [0.25, 0.3) is 0 Å². The van der Waals surface area contributed by atoms with Gasteiger partial charge in [-0.1, -0.05) is 0 Å². The number of nitrogen functional groups attached to an aromatic ring is 2. The lowest BCUT2D eigenvalue weighted by Crippen LogP contribution is -2.25. The average molecular weight is 270 g/mol. The van der Waals surface area contributed by atoms with E-state index in [1.807, 2.05) is 38.1 Å². The summed E-state index contributed by atoms with van der Waals surface area (Å²) in [6.07, 6.45) is 0. The third kappa shape index (κ3) is 2.86. The summed E-state index contributed by atoms with van der Waals surface area (Å²) < 4.78 is 0. The molecule has 0 atom stereocenters. The molecule has 0 saturated carbocycles. The van der Waals surface area contributed by atoms with E-state index < -0.39 is 0 Å². The Morgan fingerprint density at radius 3 is 1.65 bits per heavy atom. The Labute approximate surface area is 120 Å². The van der Waals surface area contributed by atoms with Gasteiger partial charge in [0.2, 0.25) is 0 Å². The van der Waals surface area contributed by atoms with Gasteiger partial charge >= 0.3 is 0 Å². The molecule has 0 aromatic heterocycles. The first kappa shape index (κ1) is 14.2. The lowest BCUT2D eigenvalue weighted by molar-refractivity contribution is 0.921. The SMILES string of the molecule is Cc1cc(N(CCN)c2ccc(N)c(C)c2)ccc1N. The molecular weight excluding hydrogens is 248 g/mol. The minimum Gasteiger partial charge on any atom is -0.399 e. The summed E-state index contributed by atoms with van der Waals surface area (Å²) in [4.78, 5) is 2.18. The fourth-order valence-corrected chi connectivity index (χ4v) is 2.19. The van der Waals surface area contributed by atoms with Gasteiger partial charge in [0, 0.05) is 35.8 Å². The van der Waals surface area contributed by atoms with E-state index in [9.17, 15) is 0 Å². The van der Waals surface area contributed by atoms with Crippen molar-refractivity contribution >= 4 is 22.7 Å². The lowest BCUT2D eigenvalue weighted by atomic mass is 10.1. The number of hydrogen-bond donors (Lipinski definition) is 3. The molecule has 0 unspecified atom stereocenters. The Morgan fingerprint density at radius 1 is 0.850 bits per heavy atom. The van der Waals surface area contributed by atoms with Gasteiger partial charge in [-0.25, -0.2) is 0 Å². The normalized spacial score (nSPS) is 10.6. The van der Waals surface area contributed by atoms with Crippen LogP contribution < -0.4 is 22.1 Å². The first-order valence-corrected chi connectivity index (χ1v) is 6.73. The van der Waals surface area contributed by atoms with Gasteiger partial charge in [-0.2, -0.15) is 0 Å². The average Bonchev–Trinajstić information content (AvgIpc) is 2.43. The van der Waals surface area contributed by atoms with Crippen molar-refractivity contribution in [3.8, 4) is 0 Å². The van der Waals surface area contributed by atoms with Gasteiger partial charge < -0.3 is 22.1 Å². The molecule has 0 fully saturated rings. The van der Waals surface area contributed by atoms with Gasteiger partial charge in [-0.05, 0) is 61.4 Å². The van der Waals surface area contributed by atoms with Gasteiger partial charge in [0.05, 0.1) is 0 Å². The Hall–Kier alpha value is -2.20. The first-order chi connectivity index (χ1) is 9.52. The molecule has 6 N–H and O–H groups in total. The molecule has 20 heavy (non-hydrogen) atoms. The van der Waals surface area contributed by atoms with Crippen LogP contribution in [0.5, 0.6) is 0 Å². The summed E-state index contributed by atoms with van der Waals surface area (Å²) in [6.45, 7) is 5.33. The Kier molecular flexibility index (Phi) is 4.15. The third-order valence-corrected chi connectivity index (χ3v) is 3.48. The van der Waals surface area contributed by atoms with Gasteiger partial charge in [0.1, 0.15) is 0 Å². The number of rotatable bonds is 4. The molecule has 2 aromatic carbocycles. The Morgan fingerprint density at radius 2 is 1.30 bits per heavy atom. The molecule has 0 aliphatic rings. The first-order valence-electron chi connectivity index (χ1n) is 6.73. The molecule has 0 spiro atoms. The van der Waals surface area contributed by atoms with E-state index in [1.54, 1.807) is 0 Å². The van der Waals surface area contributed by atoms with Crippen molar-refractivity contribution in [1.29, 1.82) is 0 Å². The second kappa shape index (κ2) is 5.84. The van der Waals surface area contributed by atoms with Crippen LogP contribution >= 0.6 is 0 Å². The molecule has 2 rings (SSSR count). The zero-order valence-electron chi connectivity index (χ0n) is 12.1. The summed E-state index contributed by atoms with van der Waals surface area (Å²) in [5.74, 6) is 0. The molecule has 0 amide bonds. The molecule has 0 saturated heterocycles. The molecule has 0 heterocycles. The van der Waals surface area contributed by atoms with Crippen LogP contribution in [-0.4, -0.2) is 13.1 Å². The van der Waals surface area contributed by atoms with Gasteiger partial charge in [0.25, 0.3) is 0 Å². The number of anilines is 4. The van der Waals surface area contributed by atoms with Crippen LogP contribution in [0.15, 0.2) is 36.4 Å². The van der Waals surface area contributed by atoms with Crippen molar-refractivity contribution in [2.24, 2.45) is 5.73 Å². The highest BCUT2D eigenvalue weighted by atomic mass is 15.1. The maximum Gasteiger partial charge on any atom is 0.0415 e. The number of nitrogens with two attached hydrogens (primary N) is 3. The number of benzene rings is 2. The van der Waals surface area contributed by atoms with Crippen LogP contribution in [-0.2, 0) is 0 Å². The number of aryl methyl sites for hydroxylation is 2. The van der Waals surface area contributed by atoms with E-state index in [0.717, 1.165) is 40.4 Å². The standard InChI is InChI=1S/C16H22N4/c1-11-9-13(3-5-15(11)18)20(8-7-17)14-4-6-16(19)12(2)10-14/h3-6,9-10H,7-8,17-19H2,1-2H3. The molecule has 106 valence electrons. The smallest absolute Gasteiger partial charge is 0.0415 e. The fraction of sp³-hybridized carbons (Fsp3) is 0.250. The molecular formula is C16H22N4. The number of nitrogens with zero attached hydrogens (tertiary/aromatic N) is 1. The molecule has 0 radical (unpaired) electrons. The van der Waals surface area contributed by atoms with Crippen molar-refractivity contribution in [3.63, 3.8) is 0 Å². The Balaban J connectivity index is 2.44. The van der Waals surface area contributed by atoms with Crippen molar-refractivity contribution < 1.29 is 0 Å². The molecule has 4 nitrogen and oxygen atoms in total. The third-order valence-electron chi connectivity index (χ3n) is 3.48. The summed E-state index contributed by atoms with van der Waals surface area (Å²) in [6, 6.07) is 12.1. The van der Waals surface area contributed by atoms with E-state index in [0.29, 0.717) is 6.54 Å². The molecule has 2 aromatic rings. The lowest BCUT2D eigenvalue weighted by Gasteiger charge is -2.25. The topological polar surface area (TPSA) is 81.3 Å². The van der Waals surface area contributed by atoms with Crippen LogP contribution in [0.2, 0.25) is 0 Å². The fourth-order valence-electron chi connectivity index (χ4n) is 2.19. The minimum atomic E-state index is 0.576. The van der Waals surface area contributed by atoms with Gasteiger partial charge in [-0.15, -0.1) is 0 Å². The molecule has 4 heteroatoms. The van der Waals surface area contributed by atoms with Gasteiger partial charge in [-0.3, -0.25) is 0 Å². The van der Waals surface area contributed by atoms with Crippen LogP contribution in [0.1, 0.15) is 11.1 Å². The maximum absolute atomic E-state index is 5.89. The van der Waals surface area contributed by atoms with Crippen LogP contribution in [0, 0.1) is 13.8 Å². The molecule has 0 bridgehead atoms. The highest BCUT2D eigenvalue weighted by Gasteiger charge is 2.10. The maximum atomic E-state index is 5.89. The van der Waals surface area contributed by atoms with E-state index >= 15 is 0 Å². The van der Waals surface area contributed by atoms with E-state index in [1.165, 1.54) is 0 Å². The number of hydrogen-bond acceptors (Lipinski definition) is 4. The van der Waals surface area contributed by atoms with E-state index in [2.05, 4.69) is 17.0 Å². The van der Waals surface area contributed by atoms with Crippen molar-refractivity contribution in [3.05, 3.63) is 47.5 Å². The van der Waals surface area contributed by atoms with E-state index in [-0.39, 0.29) is 0 Å². The summed E-state index contributed by atoms with van der Waals surface area (Å²) in [5.41, 5.74) is 23.4. The van der Waals surface area contributed by atoms with Gasteiger partial charge in [0.15, 0.2) is 0 Å². The highest BCUT2D eigenvalue weighted by molar-refractivity contribution is 5.69. The quantitative estimate of drug-likeness (QED) is 0.746. The zero-order valence-corrected chi connectivity index (χ0v) is 12.1. The van der Waals surface area contributed by atoms with Crippen molar-refractivity contribution in [2.75, 3.05) is 29.5 Å². The summed E-state index contributed by atoms with van der Waals surface area (Å²) in [7, 11) is 0. The Bertz CT molecular complexity index is 556. The second-order valence-corrected chi connectivity index (χ2v) is 5.02. The van der Waals surface area contributed by atoms with Crippen LogP contribution in [0.4, 0.5) is 22.7 Å². The minimum absolute atomic E-state index is 0.576. The van der Waals surface area contributed by atoms with E-state index in [4.69, 9.17) is 17.2 Å². The predicted octanol–water partition coefficient (Wildman–Crippen LogP) is 2.56. The van der Waals surface area contributed by atoms with Crippen LogP contribution in [0.3, 0.4) is 0 Å². The molecule has 0 aliphatic carbocycles. The second-order valence-electron chi connectivity index (χ2n) is 5.02. The molecule has 0 aliphatic heterocycles. The highest BCUT2D eigenvalue weighted by Crippen LogP contribution is 2.29. The summed E-state index contributed by atoms with van der Waals surface area (Å²) >= 11 is 0. The predicted molar refractivity (Wildman–Crippen MR) is 87.2 cm³/mol. The summed E-state index contributed by atoms with van der Waals surface area (Å²) in [5, 5.41) is 0. The van der Waals surface area contributed by atoms with Crippen molar-refractivity contribution in [1.82, 2.24) is 0 Å². The van der Waals surface area contributed by atoms with Crippen molar-refractivity contribution in [2.45, 2.75) is 13.8 Å². The largest absolute Gasteiger partial charge is 0.399 e. The monoisotopic (exact) mass is 270 g/mol. The zero-order chi connectivity index (χ0) is 14.7.